The second kappa shape index (κ2) is 8.95. The first-order valence-electron chi connectivity index (χ1n) is 10.9. The van der Waals surface area contributed by atoms with E-state index in [0.717, 1.165) is 50.9 Å². The number of piperidine rings is 1. The van der Waals surface area contributed by atoms with Gasteiger partial charge < -0.3 is 20.5 Å². The monoisotopic (exact) mass is 459 g/mol. The number of anilines is 2. The van der Waals surface area contributed by atoms with Gasteiger partial charge in [0.25, 0.3) is 5.91 Å². The van der Waals surface area contributed by atoms with Gasteiger partial charge in [-0.15, -0.1) is 0 Å². The van der Waals surface area contributed by atoms with E-state index in [1.54, 1.807) is 25.2 Å². The molecular weight excluding hydrogens is 430 g/mol. The number of hydrogen-bond donors (Lipinski definition) is 2. The number of aromatic nitrogens is 1. The Kier molecular flexibility index (Phi) is 6.25. The normalized spacial score (nSPS) is 17.5. The maximum atomic E-state index is 13.1. The largest absolute Gasteiger partial charge is 0.370 e. The van der Waals surface area contributed by atoms with Crippen LogP contribution in [-0.4, -0.2) is 55.3 Å². The molecule has 0 atom stereocenters. The van der Waals surface area contributed by atoms with Crippen molar-refractivity contribution in [1.82, 2.24) is 8.87 Å². The summed E-state index contributed by atoms with van der Waals surface area (Å²) in [6.45, 7) is 2.72. The smallest absolute Gasteiger partial charge is 0.272 e. The summed E-state index contributed by atoms with van der Waals surface area (Å²) in [5.41, 5.74) is 7.27. The molecule has 0 saturated carbocycles. The summed E-state index contributed by atoms with van der Waals surface area (Å²) in [7, 11) is -1.98. The van der Waals surface area contributed by atoms with E-state index in [1.165, 1.54) is 21.1 Å². The van der Waals surface area contributed by atoms with Crippen LogP contribution in [0.5, 0.6) is 0 Å². The number of nitrogens with one attached hydrogen (secondary N) is 1. The number of nitrogens with zero attached hydrogens (tertiary/aromatic N) is 3. The van der Waals surface area contributed by atoms with Crippen LogP contribution < -0.4 is 16.0 Å². The molecule has 32 heavy (non-hydrogen) atoms. The van der Waals surface area contributed by atoms with E-state index >= 15 is 0 Å². The first-order valence-corrected chi connectivity index (χ1v) is 12.4. The number of primary amides is 1. The van der Waals surface area contributed by atoms with Gasteiger partial charge >= 0.3 is 0 Å². The molecule has 3 heterocycles. The first kappa shape index (κ1) is 22.3. The highest BCUT2D eigenvalue weighted by atomic mass is 32.2. The summed E-state index contributed by atoms with van der Waals surface area (Å²) in [5.74, 6) is -1.03. The molecule has 4 rings (SSSR count). The highest BCUT2D eigenvalue weighted by Gasteiger charge is 2.29. The maximum Gasteiger partial charge on any atom is 0.272 e. The van der Waals surface area contributed by atoms with E-state index in [2.05, 4.69) is 10.2 Å². The molecule has 10 heteroatoms. The molecule has 2 aliphatic heterocycles. The lowest BCUT2D eigenvalue weighted by Gasteiger charge is -2.30. The average Bonchev–Trinajstić information content (AvgIpc) is 3.45. The zero-order valence-electron chi connectivity index (χ0n) is 18.2. The Morgan fingerprint density at radius 1 is 0.969 bits per heavy atom. The topological polar surface area (TPSA) is 118 Å². The van der Waals surface area contributed by atoms with Gasteiger partial charge in [0.2, 0.25) is 15.9 Å². The first-order chi connectivity index (χ1) is 15.3. The van der Waals surface area contributed by atoms with Gasteiger partial charge in [-0.05, 0) is 56.4 Å². The lowest BCUT2D eigenvalue weighted by Crippen LogP contribution is -2.30. The van der Waals surface area contributed by atoms with Crippen LogP contribution in [0.2, 0.25) is 0 Å². The number of benzene rings is 1. The fraction of sp³-hybridized carbons (Fsp3) is 0.455. The number of hydrogen-bond acceptors (Lipinski definition) is 5. The van der Waals surface area contributed by atoms with E-state index in [9.17, 15) is 18.0 Å². The lowest BCUT2D eigenvalue weighted by molar-refractivity contribution is 0.0995. The molecule has 172 valence electrons. The van der Waals surface area contributed by atoms with Crippen molar-refractivity contribution in [1.29, 1.82) is 0 Å². The number of rotatable bonds is 6. The summed E-state index contributed by atoms with van der Waals surface area (Å²) < 4.78 is 28.7. The molecule has 0 radical (unpaired) electrons. The number of carbonyl (C=O) groups excluding carboxylic acids is 2. The fourth-order valence-corrected chi connectivity index (χ4v) is 5.95. The molecule has 2 amide bonds. The van der Waals surface area contributed by atoms with Crippen molar-refractivity contribution in [2.24, 2.45) is 12.8 Å². The van der Waals surface area contributed by atoms with Gasteiger partial charge in [0.1, 0.15) is 10.6 Å². The van der Waals surface area contributed by atoms with Crippen LogP contribution in [0.25, 0.3) is 0 Å². The summed E-state index contributed by atoms with van der Waals surface area (Å²) in [4.78, 5) is 27.1. The van der Waals surface area contributed by atoms with E-state index in [0.29, 0.717) is 24.3 Å². The van der Waals surface area contributed by atoms with Gasteiger partial charge in [-0.2, -0.15) is 4.31 Å². The predicted octanol–water partition coefficient (Wildman–Crippen LogP) is 2.15. The van der Waals surface area contributed by atoms with E-state index in [1.807, 2.05) is 0 Å². The molecule has 0 unspecified atom stereocenters. The molecule has 2 aliphatic rings. The predicted molar refractivity (Wildman–Crippen MR) is 122 cm³/mol. The highest BCUT2D eigenvalue weighted by Crippen LogP contribution is 2.31. The van der Waals surface area contributed by atoms with Crippen molar-refractivity contribution in [2.75, 3.05) is 36.4 Å². The second-order valence-corrected chi connectivity index (χ2v) is 10.3. The molecule has 2 fully saturated rings. The Morgan fingerprint density at radius 2 is 1.62 bits per heavy atom. The summed E-state index contributed by atoms with van der Waals surface area (Å²) in [6.07, 6.45) is 6.42. The minimum atomic E-state index is -3.63. The number of aryl methyl sites for hydroxylation is 1. The Labute approximate surface area is 188 Å². The molecule has 1 aromatic heterocycles. The van der Waals surface area contributed by atoms with Crippen LogP contribution in [0.15, 0.2) is 35.4 Å². The van der Waals surface area contributed by atoms with Gasteiger partial charge in [0.15, 0.2) is 0 Å². The van der Waals surface area contributed by atoms with Crippen LogP contribution in [-0.2, 0) is 17.1 Å². The van der Waals surface area contributed by atoms with Crippen LogP contribution in [0.4, 0.5) is 11.4 Å². The highest BCUT2D eigenvalue weighted by molar-refractivity contribution is 7.89. The number of nitrogens with two attached hydrogens (primary N) is 1. The third-order valence-electron chi connectivity index (χ3n) is 6.14. The summed E-state index contributed by atoms with van der Waals surface area (Å²) in [6, 6.07) is 6.44. The molecule has 9 nitrogen and oxygen atoms in total. The minimum Gasteiger partial charge on any atom is -0.370 e. The van der Waals surface area contributed by atoms with Crippen LogP contribution in [0.1, 0.15) is 53.0 Å². The molecule has 3 N–H and O–H groups in total. The molecule has 2 aromatic rings. The van der Waals surface area contributed by atoms with Gasteiger partial charge in [0, 0.05) is 45.0 Å². The SMILES string of the molecule is Cn1cc(S(=O)(=O)N2CCCC2)cc1C(=O)Nc1cc(C(N)=O)ccc1N1CCCCC1. The molecule has 0 spiro atoms. The molecule has 0 aliphatic carbocycles. The quantitative estimate of drug-likeness (QED) is 0.686. The standard InChI is InChI=1S/C22H29N5O4S/c1-25-15-17(32(30,31)27-11-5-6-12-27)14-20(25)22(29)24-18-13-16(21(23)28)7-8-19(18)26-9-3-2-4-10-26/h7-8,13-15H,2-6,9-12H2,1H3,(H2,23,28)(H,24,29). The Balaban J connectivity index is 1.63. The van der Waals surface area contributed by atoms with Crippen molar-refractivity contribution >= 4 is 33.2 Å². The lowest BCUT2D eigenvalue weighted by atomic mass is 10.1. The molecule has 1 aromatic carbocycles. The number of sulfonamides is 1. The Morgan fingerprint density at radius 3 is 2.28 bits per heavy atom. The van der Waals surface area contributed by atoms with E-state index < -0.39 is 21.8 Å². The summed E-state index contributed by atoms with van der Waals surface area (Å²) >= 11 is 0. The van der Waals surface area contributed by atoms with Crippen molar-refractivity contribution < 1.29 is 18.0 Å². The van der Waals surface area contributed by atoms with E-state index in [-0.39, 0.29) is 10.6 Å². The van der Waals surface area contributed by atoms with E-state index in [4.69, 9.17) is 5.73 Å². The van der Waals surface area contributed by atoms with Crippen molar-refractivity contribution in [3.05, 3.63) is 41.7 Å². The van der Waals surface area contributed by atoms with Crippen molar-refractivity contribution in [3.63, 3.8) is 0 Å². The Bertz CT molecular complexity index is 1130. The second-order valence-electron chi connectivity index (χ2n) is 8.38. The van der Waals surface area contributed by atoms with Crippen molar-refractivity contribution in [3.8, 4) is 0 Å². The third-order valence-corrected chi connectivity index (χ3v) is 8.01. The zero-order chi connectivity index (χ0) is 22.9. The van der Waals surface area contributed by atoms with Gasteiger partial charge in [0.05, 0.1) is 11.4 Å². The van der Waals surface area contributed by atoms with Crippen LogP contribution >= 0.6 is 0 Å². The molecule has 0 bridgehead atoms. The maximum absolute atomic E-state index is 13.1. The van der Waals surface area contributed by atoms with Crippen LogP contribution in [0.3, 0.4) is 0 Å². The van der Waals surface area contributed by atoms with Crippen molar-refractivity contribution in [2.45, 2.75) is 37.0 Å². The zero-order valence-corrected chi connectivity index (χ0v) is 19.0. The minimum absolute atomic E-state index is 0.106. The molecular formula is C22H29N5O4S. The van der Waals surface area contributed by atoms with Crippen LogP contribution in [0, 0.1) is 0 Å². The number of carbonyl (C=O) groups is 2. The Hall–Kier alpha value is -2.85. The summed E-state index contributed by atoms with van der Waals surface area (Å²) in [5, 5.41) is 2.88. The van der Waals surface area contributed by atoms with Gasteiger partial charge in [-0.3, -0.25) is 9.59 Å². The van der Waals surface area contributed by atoms with Gasteiger partial charge in [-0.1, -0.05) is 0 Å². The average molecular weight is 460 g/mol. The fourth-order valence-electron chi connectivity index (χ4n) is 4.36. The molecule has 2 saturated heterocycles. The number of amides is 2. The van der Waals surface area contributed by atoms with Gasteiger partial charge in [-0.25, -0.2) is 8.42 Å². The third kappa shape index (κ3) is 4.37.